The molecule has 1 amide bonds. The molecule has 1 aromatic carbocycles. The fourth-order valence-corrected chi connectivity index (χ4v) is 3.25. The van der Waals surface area contributed by atoms with Gasteiger partial charge in [-0.25, -0.2) is 0 Å². The number of rotatable bonds is 3. The number of benzene rings is 1. The number of carbonyl (C=O) groups is 1. The van der Waals surface area contributed by atoms with Gasteiger partial charge >= 0.3 is 0 Å². The monoisotopic (exact) mass is 263 g/mol. The van der Waals surface area contributed by atoms with Gasteiger partial charge in [-0.3, -0.25) is 4.79 Å². The van der Waals surface area contributed by atoms with Crippen molar-refractivity contribution in [2.45, 2.75) is 38.0 Å². The molecule has 0 atom stereocenters. The van der Waals surface area contributed by atoms with Crippen LogP contribution in [0.5, 0.6) is 0 Å². The van der Waals surface area contributed by atoms with E-state index in [2.05, 4.69) is 32.0 Å². The highest BCUT2D eigenvalue weighted by Crippen LogP contribution is 2.24. The zero-order chi connectivity index (χ0) is 13.0. The highest BCUT2D eigenvalue weighted by atomic mass is 32.2. The minimum atomic E-state index is 0.291. The maximum absolute atomic E-state index is 12.1. The number of hydrogen-bond donors (Lipinski definition) is 0. The van der Waals surface area contributed by atoms with Crippen LogP contribution in [0.2, 0.25) is 0 Å². The second-order valence-electron chi connectivity index (χ2n) is 5.00. The van der Waals surface area contributed by atoms with Gasteiger partial charge in [-0.2, -0.15) is 0 Å². The molecule has 0 radical (unpaired) electrons. The third kappa shape index (κ3) is 3.52. The first-order valence-corrected chi connectivity index (χ1v) is 7.63. The molecule has 2 nitrogen and oxygen atoms in total. The summed E-state index contributed by atoms with van der Waals surface area (Å²) in [6.07, 6.45) is 3.61. The van der Waals surface area contributed by atoms with E-state index in [1.807, 2.05) is 4.90 Å². The van der Waals surface area contributed by atoms with Crippen molar-refractivity contribution in [2.24, 2.45) is 0 Å². The number of thioether (sulfide) groups is 1. The summed E-state index contributed by atoms with van der Waals surface area (Å²) in [7, 11) is 0. The summed E-state index contributed by atoms with van der Waals surface area (Å²) in [6, 6.07) is 6.41. The predicted molar refractivity (Wildman–Crippen MR) is 77.1 cm³/mol. The van der Waals surface area contributed by atoms with E-state index in [1.54, 1.807) is 11.8 Å². The highest BCUT2D eigenvalue weighted by molar-refractivity contribution is 8.00. The molecule has 2 rings (SSSR count). The molecule has 98 valence electrons. The maximum Gasteiger partial charge on any atom is 0.232 e. The summed E-state index contributed by atoms with van der Waals surface area (Å²) in [5, 5.41) is 0. The van der Waals surface area contributed by atoms with E-state index in [0.717, 1.165) is 13.1 Å². The molecule has 0 saturated carbocycles. The molecule has 1 heterocycles. The normalized spacial score (nSPS) is 15.8. The van der Waals surface area contributed by atoms with E-state index in [9.17, 15) is 4.79 Å². The van der Waals surface area contributed by atoms with Crippen molar-refractivity contribution in [3.8, 4) is 0 Å². The first-order chi connectivity index (χ1) is 8.66. The number of aryl methyl sites for hydroxylation is 2. The van der Waals surface area contributed by atoms with Gasteiger partial charge in [-0.15, -0.1) is 11.8 Å². The van der Waals surface area contributed by atoms with Crippen LogP contribution in [0.15, 0.2) is 23.1 Å². The molecule has 18 heavy (non-hydrogen) atoms. The fourth-order valence-electron chi connectivity index (χ4n) is 2.34. The number of likely N-dealkylation sites (tertiary alicyclic amines) is 1. The molecule has 0 aliphatic carbocycles. The van der Waals surface area contributed by atoms with E-state index in [0.29, 0.717) is 11.7 Å². The Labute approximate surface area is 114 Å². The second kappa shape index (κ2) is 6.28. The first kappa shape index (κ1) is 13.5. The van der Waals surface area contributed by atoms with Crippen LogP contribution in [0, 0.1) is 13.8 Å². The van der Waals surface area contributed by atoms with Crippen LogP contribution in [-0.2, 0) is 4.79 Å². The van der Waals surface area contributed by atoms with Gasteiger partial charge in [0.1, 0.15) is 0 Å². The van der Waals surface area contributed by atoms with Gasteiger partial charge in [-0.05, 0) is 44.7 Å². The van der Waals surface area contributed by atoms with Crippen LogP contribution in [0.1, 0.15) is 30.4 Å². The smallest absolute Gasteiger partial charge is 0.232 e. The Kier molecular flexibility index (Phi) is 4.70. The van der Waals surface area contributed by atoms with Crippen molar-refractivity contribution < 1.29 is 4.79 Å². The molecule has 0 aromatic heterocycles. The second-order valence-corrected chi connectivity index (χ2v) is 6.02. The average molecular weight is 263 g/mol. The van der Waals surface area contributed by atoms with Gasteiger partial charge < -0.3 is 4.90 Å². The first-order valence-electron chi connectivity index (χ1n) is 6.64. The Hall–Kier alpha value is -0.960. The van der Waals surface area contributed by atoms with Crippen molar-refractivity contribution in [1.29, 1.82) is 0 Å². The summed E-state index contributed by atoms with van der Waals surface area (Å²) in [6.45, 7) is 6.11. The van der Waals surface area contributed by atoms with Crippen LogP contribution in [0.3, 0.4) is 0 Å². The summed E-state index contributed by atoms with van der Waals surface area (Å²) in [4.78, 5) is 15.3. The number of amides is 1. The molecule has 0 bridgehead atoms. The number of hydrogen-bond acceptors (Lipinski definition) is 2. The lowest BCUT2D eigenvalue weighted by atomic mass is 10.1. The molecule has 0 spiro atoms. The minimum Gasteiger partial charge on any atom is -0.342 e. The Morgan fingerprint density at radius 1 is 1.22 bits per heavy atom. The molecule has 1 aliphatic rings. The third-order valence-corrected chi connectivity index (χ3v) is 4.55. The van der Waals surface area contributed by atoms with Gasteiger partial charge in [0, 0.05) is 18.0 Å². The molecule has 0 N–H and O–H groups in total. The summed E-state index contributed by atoms with van der Waals surface area (Å²) >= 11 is 1.67. The Morgan fingerprint density at radius 3 is 2.61 bits per heavy atom. The molecule has 1 saturated heterocycles. The minimum absolute atomic E-state index is 0.291. The number of carbonyl (C=O) groups excluding carboxylic acids is 1. The van der Waals surface area contributed by atoms with Crippen LogP contribution < -0.4 is 0 Å². The van der Waals surface area contributed by atoms with Gasteiger partial charge in [0.15, 0.2) is 0 Å². The topological polar surface area (TPSA) is 20.3 Å². The van der Waals surface area contributed by atoms with E-state index in [4.69, 9.17) is 0 Å². The zero-order valence-corrected chi connectivity index (χ0v) is 12.1. The quantitative estimate of drug-likeness (QED) is 0.779. The van der Waals surface area contributed by atoms with Crippen molar-refractivity contribution in [1.82, 2.24) is 4.90 Å². The molecular weight excluding hydrogens is 242 g/mol. The van der Waals surface area contributed by atoms with Crippen LogP contribution in [0.4, 0.5) is 0 Å². The molecule has 1 aliphatic heterocycles. The third-order valence-electron chi connectivity index (χ3n) is 3.39. The van der Waals surface area contributed by atoms with Gasteiger partial charge in [-0.1, -0.05) is 17.7 Å². The number of nitrogens with zero attached hydrogens (tertiary/aromatic N) is 1. The van der Waals surface area contributed by atoms with Crippen LogP contribution in [-0.4, -0.2) is 29.6 Å². The molecule has 3 heteroatoms. The zero-order valence-electron chi connectivity index (χ0n) is 11.2. The SMILES string of the molecule is Cc1ccc(SCC(=O)N2CCCCC2)c(C)c1. The highest BCUT2D eigenvalue weighted by Gasteiger charge is 2.16. The van der Waals surface area contributed by atoms with E-state index in [-0.39, 0.29) is 0 Å². The lowest BCUT2D eigenvalue weighted by molar-refractivity contribution is -0.129. The molecule has 1 aromatic rings. The van der Waals surface area contributed by atoms with Crippen molar-refractivity contribution in [3.05, 3.63) is 29.3 Å². The van der Waals surface area contributed by atoms with Crippen LogP contribution in [0.25, 0.3) is 0 Å². The lowest BCUT2D eigenvalue weighted by Gasteiger charge is -2.26. The van der Waals surface area contributed by atoms with Crippen molar-refractivity contribution in [2.75, 3.05) is 18.8 Å². The summed E-state index contributed by atoms with van der Waals surface area (Å²) in [5.74, 6) is 0.865. The van der Waals surface area contributed by atoms with Gasteiger partial charge in [0.05, 0.1) is 5.75 Å². The van der Waals surface area contributed by atoms with Crippen molar-refractivity contribution >= 4 is 17.7 Å². The van der Waals surface area contributed by atoms with Gasteiger partial charge in [0.25, 0.3) is 0 Å². The Bertz CT molecular complexity index is 425. The van der Waals surface area contributed by atoms with E-state index < -0.39 is 0 Å². The van der Waals surface area contributed by atoms with Crippen LogP contribution >= 0.6 is 11.8 Å². The molecule has 0 unspecified atom stereocenters. The summed E-state index contributed by atoms with van der Waals surface area (Å²) in [5.41, 5.74) is 2.55. The number of piperidine rings is 1. The standard InChI is InChI=1S/C15H21NOS/c1-12-6-7-14(13(2)10-12)18-11-15(17)16-8-4-3-5-9-16/h6-7,10H,3-5,8-9,11H2,1-2H3. The lowest BCUT2D eigenvalue weighted by Crippen LogP contribution is -2.36. The average Bonchev–Trinajstić information content (AvgIpc) is 2.38. The maximum atomic E-state index is 12.1. The predicted octanol–water partition coefficient (Wildman–Crippen LogP) is 3.41. The summed E-state index contributed by atoms with van der Waals surface area (Å²) < 4.78 is 0. The molecular formula is C15H21NOS. The Morgan fingerprint density at radius 2 is 1.94 bits per heavy atom. The largest absolute Gasteiger partial charge is 0.342 e. The van der Waals surface area contributed by atoms with Gasteiger partial charge in [0.2, 0.25) is 5.91 Å². The van der Waals surface area contributed by atoms with E-state index >= 15 is 0 Å². The fraction of sp³-hybridized carbons (Fsp3) is 0.533. The van der Waals surface area contributed by atoms with E-state index in [1.165, 1.54) is 35.3 Å². The van der Waals surface area contributed by atoms with Crippen molar-refractivity contribution in [3.63, 3.8) is 0 Å². The Balaban J connectivity index is 1.88. The molecule has 1 fully saturated rings.